The van der Waals surface area contributed by atoms with Gasteiger partial charge in [-0.2, -0.15) is 0 Å². The van der Waals surface area contributed by atoms with Crippen LogP contribution in [0.2, 0.25) is 0 Å². The van der Waals surface area contributed by atoms with Gasteiger partial charge in [0, 0.05) is 39.1 Å². The quantitative estimate of drug-likeness (QED) is 0.649. The van der Waals surface area contributed by atoms with E-state index in [0.29, 0.717) is 13.1 Å². The number of para-hydroxylation sites is 1. The van der Waals surface area contributed by atoms with Crippen molar-refractivity contribution in [2.75, 3.05) is 32.7 Å². The summed E-state index contributed by atoms with van der Waals surface area (Å²) in [6, 6.07) is 8.41. The predicted octanol–water partition coefficient (Wildman–Crippen LogP) is 3.07. The molecule has 0 N–H and O–H groups in total. The zero-order valence-corrected chi connectivity index (χ0v) is 19.4. The molecule has 2 aromatic rings. The molecule has 3 atom stereocenters. The summed E-state index contributed by atoms with van der Waals surface area (Å²) >= 11 is 1.73. The number of benzene rings is 1. The summed E-state index contributed by atoms with van der Waals surface area (Å²) in [5.41, 5.74) is 1.04. The monoisotopic (exact) mass is 454 g/mol. The second-order valence-electron chi connectivity index (χ2n) is 9.19. The number of carbonyl (C=O) groups excluding carboxylic acids is 3. The molecule has 1 aromatic heterocycles. The molecule has 1 aromatic carbocycles. The Labute approximate surface area is 192 Å². The van der Waals surface area contributed by atoms with Crippen molar-refractivity contribution in [2.45, 2.75) is 45.1 Å². The van der Waals surface area contributed by atoms with E-state index in [4.69, 9.17) is 4.98 Å². The summed E-state index contributed by atoms with van der Waals surface area (Å²) in [7, 11) is 0. The van der Waals surface area contributed by atoms with Gasteiger partial charge in [-0.3, -0.25) is 24.2 Å². The lowest BCUT2D eigenvalue weighted by Crippen LogP contribution is -2.49. The van der Waals surface area contributed by atoms with Gasteiger partial charge >= 0.3 is 0 Å². The minimum Gasteiger partial charge on any atom is -0.340 e. The highest BCUT2D eigenvalue weighted by Crippen LogP contribution is 2.38. The number of hydrogen-bond acceptors (Lipinski definition) is 6. The molecular formula is C24H30N4O3S. The Morgan fingerprint density at radius 3 is 2.38 bits per heavy atom. The molecule has 3 fully saturated rings. The van der Waals surface area contributed by atoms with Crippen molar-refractivity contribution >= 4 is 39.3 Å². The lowest BCUT2D eigenvalue weighted by Gasteiger charge is -2.37. The molecular weight excluding hydrogens is 424 g/mol. The van der Waals surface area contributed by atoms with Gasteiger partial charge in [0.25, 0.3) is 0 Å². The average molecular weight is 455 g/mol. The summed E-state index contributed by atoms with van der Waals surface area (Å²) in [4.78, 5) is 48.4. The molecule has 3 aliphatic rings. The van der Waals surface area contributed by atoms with Crippen LogP contribution in [0.3, 0.4) is 0 Å². The fourth-order valence-corrected chi connectivity index (χ4v) is 6.45. The van der Waals surface area contributed by atoms with Gasteiger partial charge in [-0.15, -0.1) is 11.3 Å². The maximum atomic E-state index is 12.8. The van der Waals surface area contributed by atoms with Crippen molar-refractivity contribution in [3.63, 3.8) is 0 Å². The highest BCUT2D eigenvalue weighted by molar-refractivity contribution is 7.18. The van der Waals surface area contributed by atoms with Gasteiger partial charge in [0.1, 0.15) is 5.01 Å². The molecule has 0 radical (unpaired) electrons. The summed E-state index contributed by atoms with van der Waals surface area (Å²) < 4.78 is 1.20. The van der Waals surface area contributed by atoms with Gasteiger partial charge in [0.05, 0.1) is 28.1 Å². The lowest BCUT2D eigenvalue weighted by atomic mass is 9.81. The second-order valence-corrected chi connectivity index (χ2v) is 10.3. The zero-order valence-electron chi connectivity index (χ0n) is 18.5. The Balaban J connectivity index is 1.13. The number of nitrogens with zero attached hydrogens (tertiary/aromatic N) is 4. The maximum absolute atomic E-state index is 12.8. The second kappa shape index (κ2) is 8.90. The number of aromatic nitrogens is 1. The van der Waals surface area contributed by atoms with Crippen LogP contribution < -0.4 is 0 Å². The fraction of sp³-hybridized carbons (Fsp3) is 0.583. The van der Waals surface area contributed by atoms with Gasteiger partial charge in [-0.05, 0) is 31.9 Å². The molecule has 0 bridgehead atoms. The van der Waals surface area contributed by atoms with Crippen molar-refractivity contribution in [3.8, 4) is 0 Å². The third-order valence-corrected chi connectivity index (χ3v) is 8.57. The van der Waals surface area contributed by atoms with Crippen molar-refractivity contribution in [1.82, 2.24) is 19.7 Å². The van der Waals surface area contributed by atoms with Crippen LogP contribution in [0.4, 0.5) is 0 Å². The van der Waals surface area contributed by atoms with Gasteiger partial charge in [0.2, 0.25) is 17.7 Å². The van der Waals surface area contributed by atoms with Crippen molar-refractivity contribution in [3.05, 3.63) is 29.3 Å². The van der Waals surface area contributed by atoms with Crippen molar-refractivity contribution < 1.29 is 14.4 Å². The van der Waals surface area contributed by atoms with Crippen LogP contribution in [-0.4, -0.2) is 70.1 Å². The molecule has 7 nitrogen and oxygen atoms in total. The molecule has 8 heteroatoms. The van der Waals surface area contributed by atoms with Gasteiger partial charge in [-0.1, -0.05) is 25.0 Å². The zero-order chi connectivity index (χ0) is 22.2. The first-order valence-electron chi connectivity index (χ1n) is 11.8. The molecule has 2 aliphatic heterocycles. The lowest BCUT2D eigenvalue weighted by molar-refractivity contribution is -0.141. The first-order chi connectivity index (χ1) is 15.5. The normalized spacial score (nSPS) is 25.4. The summed E-state index contributed by atoms with van der Waals surface area (Å²) in [5.74, 6) is -0.352. The average Bonchev–Trinajstić information content (AvgIpc) is 3.37. The van der Waals surface area contributed by atoms with Crippen LogP contribution in [0.15, 0.2) is 24.3 Å². The van der Waals surface area contributed by atoms with Gasteiger partial charge in [0.15, 0.2) is 0 Å². The number of piperazine rings is 1. The SMILES string of the molecule is C[C@H](c1nc2ccccc2s1)N1CCN(C(=O)CCN2C(=O)[C@H]3CCCC[C@@H]3C2=O)CC1. The molecule has 0 unspecified atom stereocenters. The van der Waals surface area contributed by atoms with E-state index in [1.807, 2.05) is 23.1 Å². The van der Waals surface area contributed by atoms with E-state index in [2.05, 4.69) is 17.9 Å². The Kier molecular flexibility index (Phi) is 5.99. The largest absolute Gasteiger partial charge is 0.340 e. The Morgan fingerprint density at radius 2 is 1.72 bits per heavy atom. The van der Waals surface area contributed by atoms with Crippen LogP contribution in [-0.2, 0) is 14.4 Å². The number of thiazole rings is 1. The molecule has 1 saturated carbocycles. The third kappa shape index (κ3) is 3.94. The van der Waals surface area contributed by atoms with Crippen molar-refractivity contribution in [1.29, 1.82) is 0 Å². The fourth-order valence-electron chi connectivity index (χ4n) is 5.40. The number of amides is 3. The first kappa shape index (κ1) is 21.5. The standard InChI is InChI=1S/C24H30N4O3S/c1-16(22-25-19-8-4-5-9-20(19)32-22)26-12-14-27(15-13-26)21(29)10-11-28-23(30)17-6-2-3-7-18(17)24(28)31/h4-5,8-9,16-18H,2-3,6-7,10-15H2,1H3/t16-,17+,18+/m1/s1. The van der Waals surface area contributed by atoms with Crippen LogP contribution in [0.5, 0.6) is 0 Å². The smallest absolute Gasteiger partial charge is 0.233 e. The van der Waals surface area contributed by atoms with E-state index < -0.39 is 0 Å². The van der Waals surface area contributed by atoms with Crippen LogP contribution >= 0.6 is 11.3 Å². The highest BCUT2D eigenvalue weighted by Gasteiger charge is 2.47. The van der Waals surface area contributed by atoms with E-state index in [0.717, 1.165) is 49.3 Å². The minimum atomic E-state index is -0.140. The summed E-state index contributed by atoms with van der Waals surface area (Å²) in [5, 5.41) is 1.11. The number of fused-ring (bicyclic) bond motifs is 2. The topological polar surface area (TPSA) is 73.8 Å². The predicted molar refractivity (Wildman–Crippen MR) is 123 cm³/mol. The molecule has 5 rings (SSSR count). The van der Waals surface area contributed by atoms with Crippen LogP contribution in [0, 0.1) is 11.8 Å². The Hall–Kier alpha value is -2.32. The van der Waals surface area contributed by atoms with E-state index >= 15 is 0 Å². The van der Waals surface area contributed by atoms with E-state index in [1.54, 1.807) is 11.3 Å². The van der Waals surface area contributed by atoms with Gasteiger partial charge < -0.3 is 4.90 Å². The van der Waals surface area contributed by atoms with Gasteiger partial charge in [-0.25, -0.2) is 4.98 Å². The van der Waals surface area contributed by atoms with E-state index in [1.165, 1.54) is 9.60 Å². The van der Waals surface area contributed by atoms with E-state index in [-0.39, 0.29) is 48.6 Å². The summed E-state index contributed by atoms with van der Waals surface area (Å²) in [6.45, 7) is 5.34. The molecule has 32 heavy (non-hydrogen) atoms. The number of carbonyl (C=O) groups is 3. The third-order valence-electron chi connectivity index (χ3n) is 7.36. The maximum Gasteiger partial charge on any atom is 0.233 e. The number of imide groups is 1. The van der Waals surface area contributed by atoms with Crippen LogP contribution in [0.1, 0.15) is 50.1 Å². The minimum absolute atomic E-state index is 0.0350. The molecule has 3 amide bonds. The number of rotatable bonds is 5. The molecule has 170 valence electrons. The summed E-state index contributed by atoms with van der Waals surface area (Å²) in [6.07, 6.45) is 3.90. The first-order valence-corrected chi connectivity index (χ1v) is 12.6. The van der Waals surface area contributed by atoms with Crippen molar-refractivity contribution in [2.24, 2.45) is 11.8 Å². The Morgan fingerprint density at radius 1 is 1.06 bits per heavy atom. The number of hydrogen-bond donors (Lipinski definition) is 0. The highest BCUT2D eigenvalue weighted by atomic mass is 32.1. The number of likely N-dealkylation sites (tertiary alicyclic amines) is 1. The molecule has 2 saturated heterocycles. The Bertz CT molecular complexity index is 972. The molecule has 1 aliphatic carbocycles. The molecule has 3 heterocycles. The van der Waals surface area contributed by atoms with E-state index in [9.17, 15) is 14.4 Å². The van der Waals surface area contributed by atoms with Crippen LogP contribution in [0.25, 0.3) is 10.2 Å². The molecule has 0 spiro atoms.